The zero-order valence-electron chi connectivity index (χ0n) is 12.6. The van der Waals surface area contributed by atoms with Crippen molar-refractivity contribution in [2.75, 3.05) is 12.3 Å². The first-order valence-corrected chi connectivity index (χ1v) is 9.10. The van der Waals surface area contributed by atoms with E-state index in [1.54, 1.807) is 23.3 Å². The highest BCUT2D eigenvalue weighted by Crippen LogP contribution is 2.20. The molecule has 9 heteroatoms. The number of nitrogens with one attached hydrogen (secondary N) is 1. The third kappa shape index (κ3) is 4.13. The maximum Gasteiger partial charge on any atom is 0.256 e. The summed E-state index contributed by atoms with van der Waals surface area (Å²) in [4.78, 5) is 14.2. The third-order valence-corrected chi connectivity index (χ3v) is 5.36. The van der Waals surface area contributed by atoms with Gasteiger partial charge in [-0.05, 0) is 37.8 Å². The molecule has 1 saturated carbocycles. The molecule has 0 aromatic carbocycles. The molecule has 7 nitrogen and oxygen atoms in total. The molecule has 1 aliphatic carbocycles. The molecule has 2 aliphatic heterocycles. The Hall–Kier alpha value is -1.38. The van der Waals surface area contributed by atoms with Gasteiger partial charge in [-0.25, -0.2) is 8.42 Å². The first-order chi connectivity index (χ1) is 10.4. The molecule has 0 aromatic rings. The van der Waals surface area contributed by atoms with Gasteiger partial charge in [0.25, 0.3) is 15.9 Å². The summed E-state index contributed by atoms with van der Waals surface area (Å²) in [5, 5.41) is 2.97. The lowest BCUT2D eigenvalue weighted by Crippen LogP contribution is -2.46. The Kier molecular flexibility index (Phi) is 5.49. The SMILES string of the molecule is Cl.NC1CCC(NC(=O)C2=CC=CN3CCS(=O)(=O)N=C23)CC1. The number of rotatable bonds is 2. The van der Waals surface area contributed by atoms with Gasteiger partial charge in [0.15, 0.2) is 5.84 Å². The smallest absolute Gasteiger partial charge is 0.256 e. The summed E-state index contributed by atoms with van der Waals surface area (Å²) >= 11 is 0. The van der Waals surface area contributed by atoms with Crippen molar-refractivity contribution in [1.82, 2.24) is 10.2 Å². The van der Waals surface area contributed by atoms with Crippen LogP contribution in [0.4, 0.5) is 0 Å². The molecule has 0 aromatic heterocycles. The largest absolute Gasteiger partial charge is 0.349 e. The van der Waals surface area contributed by atoms with E-state index in [-0.39, 0.29) is 42.0 Å². The van der Waals surface area contributed by atoms with Gasteiger partial charge in [0.2, 0.25) is 0 Å². The minimum absolute atomic E-state index is 0. The van der Waals surface area contributed by atoms with Gasteiger partial charge in [0.1, 0.15) is 0 Å². The molecule has 0 atom stereocenters. The second kappa shape index (κ2) is 7.02. The number of carbonyl (C=O) groups is 1. The van der Waals surface area contributed by atoms with Gasteiger partial charge in [0.05, 0.1) is 11.3 Å². The lowest BCUT2D eigenvalue weighted by Gasteiger charge is -2.31. The number of allylic oxidation sites excluding steroid dienone is 2. The predicted molar refractivity (Wildman–Crippen MR) is 90.8 cm³/mol. The molecule has 0 saturated heterocycles. The number of amidine groups is 1. The molecule has 3 N–H and O–H groups in total. The first kappa shape index (κ1) is 18.0. The zero-order chi connectivity index (χ0) is 15.7. The molecule has 3 aliphatic rings. The van der Waals surface area contributed by atoms with E-state index in [0.29, 0.717) is 12.1 Å². The molecule has 128 valence electrons. The van der Waals surface area contributed by atoms with E-state index in [0.717, 1.165) is 25.7 Å². The fraction of sp³-hybridized carbons (Fsp3) is 0.571. The van der Waals surface area contributed by atoms with E-state index in [4.69, 9.17) is 5.73 Å². The van der Waals surface area contributed by atoms with E-state index in [1.807, 2.05) is 0 Å². The molecule has 1 amide bonds. The number of hydrogen-bond acceptors (Lipinski definition) is 5. The van der Waals surface area contributed by atoms with Crippen molar-refractivity contribution in [3.8, 4) is 0 Å². The average molecular weight is 361 g/mol. The van der Waals surface area contributed by atoms with Crippen LogP contribution < -0.4 is 11.1 Å². The van der Waals surface area contributed by atoms with Gasteiger partial charge in [-0.2, -0.15) is 0 Å². The number of hydrogen-bond donors (Lipinski definition) is 2. The Morgan fingerprint density at radius 3 is 2.70 bits per heavy atom. The summed E-state index contributed by atoms with van der Waals surface area (Å²) in [7, 11) is -3.48. The van der Waals surface area contributed by atoms with Crippen molar-refractivity contribution < 1.29 is 13.2 Å². The molecular formula is C14H21ClN4O3S. The van der Waals surface area contributed by atoms with Crippen LogP contribution in [-0.2, 0) is 14.8 Å². The first-order valence-electron chi connectivity index (χ1n) is 7.49. The summed E-state index contributed by atoms with van der Waals surface area (Å²) in [6.45, 7) is 0.320. The van der Waals surface area contributed by atoms with Crippen LogP contribution in [0.25, 0.3) is 0 Å². The lowest BCUT2D eigenvalue weighted by atomic mass is 9.91. The Labute approximate surface area is 142 Å². The Morgan fingerprint density at radius 2 is 2.00 bits per heavy atom. The van der Waals surface area contributed by atoms with E-state index < -0.39 is 10.0 Å². The molecule has 2 heterocycles. The van der Waals surface area contributed by atoms with Crippen LogP contribution in [0.2, 0.25) is 0 Å². The number of nitrogens with two attached hydrogens (primary N) is 1. The minimum atomic E-state index is -3.48. The summed E-state index contributed by atoms with van der Waals surface area (Å²) < 4.78 is 27.1. The van der Waals surface area contributed by atoms with Gasteiger partial charge in [-0.15, -0.1) is 16.8 Å². The van der Waals surface area contributed by atoms with Gasteiger partial charge in [-0.3, -0.25) is 4.79 Å². The van der Waals surface area contributed by atoms with Gasteiger partial charge >= 0.3 is 0 Å². The highest BCUT2D eigenvalue weighted by atomic mass is 35.5. The quantitative estimate of drug-likeness (QED) is 0.736. The topological polar surface area (TPSA) is 105 Å². The van der Waals surface area contributed by atoms with Crippen LogP contribution in [0, 0.1) is 0 Å². The number of halogens is 1. The monoisotopic (exact) mass is 360 g/mol. The molecule has 0 bridgehead atoms. The normalized spacial score (nSPS) is 28.8. The number of amides is 1. The predicted octanol–water partition coefficient (Wildman–Crippen LogP) is 0.292. The van der Waals surface area contributed by atoms with E-state index in [1.165, 1.54) is 0 Å². The summed E-state index contributed by atoms with van der Waals surface area (Å²) in [6, 6.07) is 0.307. The maximum atomic E-state index is 12.5. The third-order valence-electron chi connectivity index (χ3n) is 4.21. The zero-order valence-corrected chi connectivity index (χ0v) is 14.3. The Bertz CT molecular complexity index is 664. The van der Waals surface area contributed by atoms with Crippen LogP contribution in [0.5, 0.6) is 0 Å². The molecule has 3 rings (SSSR count). The van der Waals surface area contributed by atoms with E-state index in [9.17, 15) is 13.2 Å². The minimum Gasteiger partial charge on any atom is -0.349 e. The number of carbonyl (C=O) groups excluding carboxylic acids is 1. The van der Waals surface area contributed by atoms with E-state index in [2.05, 4.69) is 9.71 Å². The standard InChI is InChI=1S/C14H20N4O3S.ClH/c15-10-3-5-11(6-4-10)16-14(19)12-2-1-7-18-8-9-22(20,21)17-13(12)18;/h1-2,7,10-11H,3-6,8-9,15H2,(H,16,19);1H. The Morgan fingerprint density at radius 1 is 1.30 bits per heavy atom. The van der Waals surface area contributed by atoms with E-state index >= 15 is 0 Å². The average Bonchev–Trinajstić information content (AvgIpc) is 2.48. The number of fused-ring (bicyclic) bond motifs is 1. The van der Waals surface area contributed by atoms with Crippen molar-refractivity contribution in [1.29, 1.82) is 0 Å². The molecule has 0 radical (unpaired) electrons. The maximum absolute atomic E-state index is 12.5. The van der Waals surface area contributed by atoms with Crippen LogP contribution in [-0.4, -0.2) is 49.4 Å². The second-order valence-corrected chi connectivity index (χ2v) is 7.66. The Balaban J connectivity index is 0.00000192. The molecule has 0 unspecified atom stereocenters. The van der Waals surface area contributed by atoms with Crippen molar-refractivity contribution in [2.45, 2.75) is 37.8 Å². The highest BCUT2D eigenvalue weighted by Gasteiger charge is 2.31. The molecular weight excluding hydrogens is 340 g/mol. The van der Waals surface area contributed by atoms with Crippen LogP contribution >= 0.6 is 12.4 Å². The van der Waals surface area contributed by atoms with Crippen molar-refractivity contribution in [3.63, 3.8) is 0 Å². The molecule has 1 fully saturated rings. The number of nitrogens with zero attached hydrogens (tertiary/aromatic N) is 2. The van der Waals surface area contributed by atoms with Gasteiger partial charge in [0, 0.05) is 24.8 Å². The van der Waals surface area contributed by atoms with Crippen LogP contribution in [0.1, 0.15) is 25.7 Å². The summed E-state index contributed by atoms with van der Waals surface area (Å²) in [5.41, 5.74) is 6.17. The van der Waals surface area contributed by atoms with Crippen molar-refractivity contribution >= 4 is 34.2 Å². The number of sulfonamides is 1. The summed E-state index contributed by atoms with van der Waals surface area (Å²) in [6.07, 6.45) is 8.58. The summed E-state index contributed by atoms with van der Waals surface area (Å²) in [5.74, 6) is -0.0829. The lowest BCUT2D eigenvalue weighted by molar-refractivity contribution is -0.117. The fourth-order valence-electron chi connectivity index (χ4n) is 2.92. The molecule has 0 spiro atoms. The van der Waals surface area contributed by atoms with Crippen LogP contribution in [0.15, 0.2) is 28.3 Å². The van der Waals surface area contributed by atoms with Crippen molar-refractivity contribution in [2.24, 2.45) is 10.1 Å². The second-order valence-electron chi connectivity index (χ2n) is 5.90. The molecule has 23 heavy (non-hydrogen) atoms. The highest BCUT2D eigenvalue weighted by molar-refractivity contribution is 7.90. The van der Waals surface area contributed by atoms with Gasteiger partial charge in [-0.1, -0.05) is 0 Å². The van der Waals surface area contributed by atoms with Crippen molar-refractivity contribution in [3.05, 3.63) is 23.9 Å². The fourth-order valence-corrected chi connectivity index (χ4v) is 3.91. The van der Waals surface area contributed by atoms with Crippen LogP contribution in [0.3, 0.4) is 0 Å². The van der Waals surface area contributed by atoms with Gasteiger partial charge < -0.3 is 16.0 Å².